The Labute approximate surface area is 154 Å². The summed E-state index contributed by atoms with van der Waals surface area (Å²) < 4.78 is 0. The first kappa shape index (κ1) is 18.4. The molecule has 0 saturated carbocycles. The molecule has 1 heterocycles. The number of benzene rings is 1. The first-order chi connectivity index (χ1) is 12.3. The lowest BCUT2D eigenvalue weighted by Gasteiger charge is -2.27. The number of nitrogens with one attached hydrogen (secondary N) is 2. The highest BCUT2D eigenvalue weighted by Gasteiger charge is 2.48. The highest BCUT2D eigenvalue weighted by molar-refractivity contribution is 6.08. The second-order valence-corrected chi connectivity index (χ2v) is 7.96. The maximum atomic E-state index is 12.7. The van der Waals surface area contributed by atoms with Gasteiger partial charge in [-0.3, -0.25) is 14.5 Å². The highest BCUT2D eigenvalue weighted by atomic mass is 16.2. The second kappa shape index (κ2) is 7.09. The van der Waals surface area contributed by atoms with Crippen molar-refractivity contribution in [3.8, 4) is 0 Å². The van der Waals surface area contributed by atoms with E-state index in [0.29, 0.717) is 6.42 Å². The smallest absolute Gasteiger partial charge is 0.325 e. The molecule has 2 aliphatic rings. The molecule has 6 nitrogen and oxygen atoms in total. The fourth-order valence-electron chi connectivity index (χ4n) is 4.13. The normalized spacial score (nSPS) is 25.2. The molecule has 0 radical (unpaired) electrons. The third kappa shape index (κ3) is 3.59. The lowest BCUT2D eigenvalue weighted by Crippen LogP contribution is -2.46. The van der Waals surface area contributed by atoms with E-state index >= 15 is 0 Å². The average Bonchev–Trinajstić information content (AvgIpc) is 2.77. The lowest BCUT2D eigenvalue weighted by atomic mass is 9.88. The fraction of sp³-hybridized carbons (Fsp3) is 0.550. The van der Waals surface area contributed by atoms with Gasteiger partial charge in [0.1, 0.15) is 12.1 Å². The van der Waals surface area contributed by atoms with E-state index in [1.165, 1.54) is 5.56 Å². The number of imide groups is 1. The predicted molar refractivity (Wildman–Crippen MR) is 98.4 cm³/mol. The predicted octanol–water partition coefficient (Wildman–Crippen LogP) is 2.54. The summed E-state index contributed by atoms with van der Waals surface area (Å²) in [5.41, 5.74) is 1.46. The van der Waals surface area contributed by atoms with Crippen LogP contribution in [0.5, 0.6) is 0 Å². The van der Waals surface area contributed by atoms with Gasteiger partial charge in [0.15, 0.2) is 0 Å². The van der Waals surface area contributed by atoms with Crippen LogP contribution in [0, 0.1) is 5.92 Å². The zero-order chi connectivity index (χ0) is 18.9. The molecule has 1 aliphatic carbocycles. The Kier molecular flexibility index (Phi) is 5.03. The number of nitrogens with zero attached hydrogens (tertiary/aromatic N) is 1. The van der Waals surface area contributed by atoms with Crippen LogP contribution < -0.4 is 10.6 Å². The van der Waals surface area contributed by atoms with E-state index in [0.717, 1.165) is 29.7 Å². The van der Waals surface area contributed by atoms with E-state index in [4.69, 9.17) is 0 Å². The molecule has 140 valence electrons. The number of urea groups is 1. The highest BCUT2D eigenvalue weighted by Crippen LogP contribution is 2.29. The molecule has 4 amide bonds. The zero-order valence-electron chi connectivity index (χ0n) is 15.7. The second-order valence-electron chi connectivity index (χ2n) is 7.96. The van der Waals surface area contributed by atoms with E-state index < -0.39 is 11.6 Å². The van der Waals surface area contributed by atoms with Gasteiger partial charge in [0.2, 0.25) is 5.91 Å². The van der Waals surface area contributed by atoms with Crippen molar-refractivity contribution in [3.63, 3.8) is 0 Å². The van der Waals surface area contributed by atoms with Gasteiger partial charge >= 0.3 is 6.03 Å². The van der Waals surface area contributed by atoms with Gasteiger partial charge in [-0.2, -0.15) is 0 Å². The number of carbonyl (C=O) groups excluding carboxylic acids is 3. The third-order valence-electron chi connectivity index (χ3n) is 5.17. The molecule has 1 aromatic carbocycles. The van der Waals surface area contributed by atoms with Gasteiger partial charge in [0.25, 0.3) is 5.91 Å². The van der Waals surface area contributed by atoms with Crippen molar-refractivity contribution in [1.29, 1.82) is 0 Å². The van der Waals surface area contributed by atoms with Crippen molar-refractivity contribution < 1.29 is 14.4 Å². The summed E-state index contributed by atoms with van der Waals surface area (Å²) in [5, 5.41) is 5.74. The molecule has 1 fully saturated rings. The minimum atomic E-state index is -0.928. The summed E-state index contributed by atoms with van der Waals surface area (Å²) in [4.78, 5) is 38.4. The largest absolute Gasteiger partial charge is 0.348 e. The Bertz CT molecular complexity index is 731. The monoisotopic (exact) mass is 357 g/mol. The van der Waals surface area contributed by atoms with Crippen LogP contribution in [0.4, 0.5) is 4.79 Å². The van der Waals surface area contributed by atoms with Crippen molar-refractivity contribution in [2.45, 2.75) is 58.0 Å². The van der Waals surface area contributed by atoms with Crippen LogP contribution in [0.2, 0.25) is 0 Å². The van der Waals surface area contributed by atoms with Crippen molar-refractivity contribution in [3.05, 3.63) is 35.4 Å². The van der Waals surface area contributed by atoms with E-state index in [9.17, 15) is 14.4 Å². The number of amides is 4. The number of fused-ring (bicyclic) bond motifs is 1. The summed E-state index contributed by atoms with van der Waals surface area (Å²) in [6.45, 7) is 5.49. The molecule has 1 aromatic rings. The molecule has 1 saturated heterocycles. The molecule has 2 N–H and O–H groups in total. The van der Waals surface area contributed by atoms with Gasteiger partial charge in [-0.15, -0.1) is 0 Å². The zero-order valence-corrected chi connectivity index (χ0v) is 15.7. The number of carbonyl (C=O) groups is 3. The van der Waals surface area contributed by atoms with Crippen LogP contribution in [-0.2, 0) is 16.0 Å². The number of rotatable bonds is 5. The summed E-state index contributed by atoms with van der Waals surface area (Å²) in [7, 11) is 0. The van der Waals surface area contributed by atoms with E-state index in [-0.39, 0.29) is 30.3 Å². The SMILES string of the molecule is CC(C)CC1(C)NC(=O)N(CC(=O)NC2CCCc3ccccc32)C1=O. The fourth-order valence-corrected chi connectivity index (χ4v) is 4.13. The first-order valence-electron chi connectivity index (χ1n) is 9.31. The quantitative estimate of drug-likeness (QED) is 0.795. The molecule has 0 bridgehead atoms. The van der Waals surface area contributed by atoms with E-state index in [1.807, 2.05) is 32.0 Å². The van der Waals surface area contributed by atoms with E-state index in [2.05, 4.69) is 16.7 Å². The maximum Gasteiger partial charge on any atom is 0.325 e. The molecular formula is C20H27N3O3. The molecule has 3 rings (SSSR count). The van der Waals surface area contributed by atoms with Crippen molar-refractivity contribution in [2.24, 2.45) is 5.92 Å². The van der Waals surface area contributed by atoms with Gasteiger partial charge in [-0.05, 0) is 49.7 Å². The molecule has 2 atom stereocenters. The van der Waals surface area contributed by atoms with Crippen LogP contribution >= 0.6 is 0 Å². The molecular weight excluding hydrogens is 330 g/mol. The Hall–Kier alpha value is -2.37. The average molecular weight is 357 g/mol. The standard InChI is InChI=1S/C20H27N3O3/c1-13(2)11-20(3)18(25)23(19(26)22-20)12-17(24)21-16-10-6-8-14-7-4-5-9-15(14)16/h4-5,7,9,13,16H,6,8,10-12H2,1-3H3,(H,21,24)(H,22,26). The Balaban J connectivity index is 1.66. The number of hydrogen-bond acceptors (Lipinski definition) is 3. The van der Waals surface area contributed by atoms with Gasteiger partial charge in [0, 0.05) is 0 Å². The molecule has 6 heteroatoms. The third-order valence-corrected chi connectivity index (χ3v) is 5.17. The minimum absolute atomic E-state index is 0.0599. The number of aryl methyl sites for hydroxylation is 1. The van der Waals surface area contributed by atoms with E-state index in [1.54, 1.807) is 6.92 Å². The lowest BCUT2D eigenvalue weighted by molar-refractivity contribution is -0.135. The summed E-state index contributed by atoms with van der Waals surface area (Å²) in [6, 6.07) is 7.55. The Morgan fingerprint density at radius 1 is 1.35 bits per heavy atom. The van der Waals surface area contributed by atoms with Gasteiger partial charge in [-0.25, -0.2) is 4.79 Å². The van der Waals surface area contributed by atoms with Crippen molar-refractivity contribution in [1.82, 2.24) is 15.5 Å². The maximum absolute atomic E-state index is 12.7. The molecule has 1 aliphatic heterocycles. The van der Waals surface area contributed by atoms with Crippen LogP contribution in [0.25, 0.3) is 0 Å². The molecule has 2 unspecified atom stereocenters. The molecule has 26 heavy (non-hydrogen) atoms. The summed E-state index contributed by atoms with van der Waals surface area (Å²) in [5.74, 6) is -0.365. The first-order valence-corrected chi connectivity index (χ1v) is 9.31. The summed E-state index contributed by atoms with van der Waals surface area (Å²) in [6.07, 6.45) is 3.44. The van der Waals surface area contributed by atoms with Crippen molar-refractivity contribution in [2.75, 3.05) is 6.54 Å². The molecule has 0 spiro atoms. The molecule has 0 aromatic heterocycles. The minimum Gasteiger partial charge on any atom is -0.348 e. The summed E-state index contributed by atoms with van der Waals surface area (Å²) >= 11 is 0. The van der Waals surface area contributed by atoms with Crippen LogP contribution in [0.15, 0.2) is 24.3 Å². The van der Waals surface area contributed by atoms with Gasteiger partial charge in [-0.1, -0.05) is 38.1 Å². The number of hydrogen-bond donors (Lipinski definition) is 2. The Morgan fingerprint density at radius 2 is 2.08 bits per heavy atom. The van der Waals surface area contributed by atoms with Crippen LogP contribution in [0.1, 0.15) is 57.2 Å². The van der Waals surface area contributed by atoms with Crippen LogP contribution in [0.3, 0.4) is 0 Å². The van der Waals surface area contributed by atoms with Gasteiger partial charge < -0.3 is 10.6 Å². The topological polar surface area (TPSA) is 78.5 Å². The van der Waals surface area contributed by atoms with Crippen LogP contribution in [-0.4, -0.2) is 34.8 Å². The van der Waals surface area contributed by atoms with Gasteiger partial charge in [0.05, 0.1) is 6.04 Å². The van der Waals surface area contributed by atoms with Crippen molar-refractivity contribution >= 4 is 17.8 Å². The Morgan fingerprint density at radius 3 is 2.81 bits per heavy atom.